The average Bonchev–Trinajstić information content (AvgIpc) is 2.65. The summed E-state index contributed by atoms with van der Waals surface area (Å²) in [7, 11) is 3.74. The highest BCUT2D eigenvalue weighted by molar-refractivity contribution is 6.00. The number of nitrogens with one attached hydrogen (secondary N) is 1. The fourth-order valence-electron chi connectivity index (χ4n) is 2.15. The van der Waals surface area contributed by atoms with E-state index in [0.29, 0.717) is 6.42 Å². The number of hydrogen-bond donors (Lipinski definition) is 1. The lowest BCUT2D eigenvalue weighted by Gasteiger charge is -2.10. The van der Waals surface area contributed by atoms with E-state index in [9.17, 15) is 4.79 Å². The third-order valence-electron chi connectivity index (χ3n) is 3.25. The van der Waals surface area contributed by atoms with Crippen LogP contribution in [-0.2, 0) is 22.4 Å². The molecule has 0 atom stereocenters. The zero-order valence-electron chi connectivity index (χ0n) is 11.0. The van der Waals surface area contributed by atoms with Gasteiger partial charge in [0.25, 0.3) is 0 Å². The Morgan fingerprint density at radius 1 is 1.39 bits per heavy atom. The first-order valence-electron chi connectivity index (χ1n) is 6.33. The van der Waals surface area contributed by atoms with Crippen molar-refractivity contribution in [1.82, 2.24) is 5.32 Å². The van der Waals surface area contributed by atoms with Gasteiger partial charge in [-0.05, 0) is 30.7 Å². The zero-order chi connectivity index (χ0) is 13.0. The van der Waals surface area contributed by atoms with Crippen LogP contribution in [-0.4, -0.2) is 39.8 Å². The highest BCUT2D eigenvalue weighted by atomic mass is 16.5. The molecule has 18 heavy (non-hydrogen) atoms. The molecule has 0 saturated heterocycles. The van der Waals surface area contributed by atoms with Gasteiger partial charge >= 0.3 is 0 Å². The van der Waals surface area contributed by atoms with Gasteiger partial charge in [0.1, 0.15) is 0 Å². The van der Waals surface area contributed by atoms with Crippen LogP contribution >= 0.6 is 0 Å². The molecule has 1 aliphatic rings. The molecule has 1 heterocycles. The number of amides is 1. The van der Waals surface area contributed by atoms with E-state index in [0.717, 1.165) is 37.4 Å². The molecule has 0 bridgehead atoms. The van der Waals surface area contributed by atoms with Crippen molar-refractivity contribution in [2.75, 3.05) is 38.8 Å². The molecule has 0 unspecified atom stereocenters. The Morgan fingerprint density at radius 3 is 3.00 bits per heavy atom. The topological polar surface area (TPSA) is 41.6 Å². The minimum atomic E-state index is 0.174. The van der Waals surface area contributed by atoms with E-state index in [1.165, 1.54) is 5.56 Å². The fourth-order valence-corrected chi connectivity index (χ4v) is 2.15. The molecule has 1 N–H and O–H groups in total. The first-order chi connectivity index (χ1) is 8.72. The van der Waals surface area contributed by atoms with Crippen LogP contribution in [0.4, 0.5) is 5.69 Å². The molecule has 4 nitrogen and oxygen atoms in total. The van der Waals surface area contributed by atoms with Crippen LogP contribution in [0.2, 0.25) is 0 Å². The second kappa shape index (κ2) is 5.98. The van der Waals surface area contributed by atoms with Gasteiger partial charge in [-0.1, -0.05) is 12.1 Å². The predicted molar refractivity (Wildman–Crippen MR) is 72.0 cm³/mol. The monoisotopic (exact) mass is 248 g/mol. The van der Waals surface area contributed by atoms with Gasteiger partial charge in [-0.2, -0.15) is 0 Å². The largest absolute Gasteiger partial charge is 0.380 e. The third kappa shape index (κ3) is 2.89. The maximum absolute atomic E-state index is 11.6. The van der Waals surface area contributed by atoms with Crippen LogP contribution in [0.25, 0.3) is 0 Å². The van der Waals surface area contributed by atoms with Crippen LogP contribution in [0.15, 0.2) is 18.2 Å². The van der Waals surface area contributed by atoms with E-state index in [4.69, 9.17) is 4.74 Å². The number of benzene rings is 1. The Bertz CT molecular complexity index is 432. The molecular formula is C14H20N2O2. The highest BCUT2D eigenvalue weighted by Gasteiger charge is 2.23. The molecular weight excluding hydrogens is 228 g/mol. The Balaban J connectivity index is 1.89. The van der Waals surface area contributed by atoms with Gasteiger partial charge in [0, 0.05) is 19.3 Å². The minimum absolute atomic E-state index is 0.174. The van der Waals surface area contributed by atoms with Crippen molar-refractivity contribution in [3.8, 4) is 0 Å². The molecule has 4 heteroatoms. The second-order valence-electron chi connectivity index (χ2n) is 4.56. The summed E-state index contributed by atoms with van der Waals surface area (Å²) in [4.78, 5) is 13.3. The second-order valence-corrected chi connectivity index (χ2v) is 4.56. The van der Waals surface area contributed by atoms with Gasteiger partial charge in [0.2, 0.25) is 5.91 Å². The predicted octanol–water partition coefficient (Wildman–Crippen LogP) is 0.984. The van der Waals surface area contributed by atoms with Gasteiger partial charge in [-0.25, -0.2) is 0 Å². The number of hydrogen-bond acceptors (Lipinski definition) is 3. The normalized spacial score (nSPS) is 14.1. The molecule has 0 saturated carbocycles. The molecule has 1 aromatic carbocycles. The molecule has 0 spiro atoms. The number of carbonyl (C=O) groups excluding carboxylic acids is 1. The molecule has 98 valence electrons. The van der Waals surface area contributed by atoms with Crippen LogP contribution in [0.3, 0.4) is 0 Å². The van der Waals surface area contributed by atoms with E-state index < -0.39 is 0 Å². The number of likely N-dealkylation sites (N-methyl/N-ethyl adjacent to an activating group) is 2. The lowest BCUT2D eigenvalue weighted by molar-refractivity contribution is -0.117. The Morgan fingerprint density at radius 2 is 2.22 bits per heavy atom. The van der Waals surface area contributed by atoms with Crippen LogP contribution in [0.5, 0.6) is 0 Å². The van der Waals surface area contributed by atoms with E-state index in [-0.39, 0.29) is 5.91 Å². The van der Waals surface area contributed by atoms with E-state index in [1.54, 1.807) is 4.90 Å². The molecule has 0 fully saturated rings. The van der Waals surface area contributed by atoms with Gasteiger partial charge < -0.3 is 15.0 Å². The number of fused-ring (bicyclic) bond motifs is 1. The molecule has 2 rings (SSSR count). The molecule has 1 aliphatic heterocycles. The summed E-state index contributed by atoms with van der Waals surface area (Å²) in [5.41, 5.74) is 3.41. The zero-order valence-corrected chi connectivity index (χ0v) is 11.0. The lowest BCUT2D eigenvalue weighted by Crippen LogP contribution is -2.20. The summed E-state index contributed by atoms with van der Waals surface area (Å²) in [6.45, 7) is 2.34. The number of anilines is 1. The lowest BCUT2D eigenvalue weighted by atomic mass is 10.1. The fraction of sp³-hybridized carbons (Fsp3) is 0.500. The van der Waals surface area contributed by atoms with Gasteiger partial charge in [-0.15, -0.1) is 0 Å². The number of rotatable bonds is 6. The van der Waals surface area contributed by atoms with E-state index in [1.807, 2.05) is 20.2 Å². The number of carbonyl (C=O) groups is 1. The van der Waals surface area contributed by atoms with Crippen molar-refractivity contribution in [2.45, 2.75) is 12.8 Å². The summed E-state index contributed by atoms with van der Waals surface area (Å²) < 4.78 is 5.50. The van der Waals surface area contributed by atoms with Crippen molar-refractivity contribution in [2.24, 2.45) is 0 Å². The SMILES string of the molecule is CNCCOCCc1ccc2c(c1)CC(=O)N2C. The van der Waals surface area contributed by atoms with Gasteiger partial charge in [0.15, 0.2) is 0 Å². The van der Waals surface area contributed by atoms with Gasteiger partial charge in [-0.3, -0.25) is 4.79 Å². The smallest absolute Gasteiger partial charge is 0.231 e. The van der Waals surface area contributed by atoms with Crippen LogP contribution in [0.1, 0.15) is 11.1 Å². The highest BCUT2D eigenvalue weighted by Crippen LogP contribution is 2.28. The quantitative estimate of drug-likeness (QED) is 0.763. The summed E-state index contributed by atoms with van der Waals surface area (Å²) in [5, 5.41) is 3.04. The third-order valence-corrected chi connectivity index (χ3v) is 3.25. The Hall–Kier alpha value is -1.39. The van der Waals surface area contributed by atoms with Crippen molar-refractivity contribution < 1.29 is 9.53 Å². The molecule has 0 aliphatic carbocycles. The summed E-state index contributed by atoms with van der Waals surface area (Å²) in [6.07, 6.45) is 1.43. The summed E-state index contributed by atoms with van der Waals surface area (Å²) in [5.74, 6) is 0.174. The van der Waals surface area contributed by atoms with Crippen LogP contribution in [0, 0.1) is 0 Å². The van der Waals surface area contributed by atoms with Crippen molar-refractivity contribution in [3.05, 3.63) is 29.3 Å². The number of nitrogens with zero attached hydrogens (tertiary/aromatic N) is 1. The molecule has 0 aromatic heterocycles. The molecule has 1 amide bonds. The minimum Gasteiger partial charge on any atom is -0.380 e. The summed E-state index contributed by atoms with van der Waals surface area (Å²) in [6, 6.07) is 6.23. The maximum Gasteiger partial charge on any atom is 0.231 e. The first-order valence-corrected chi connectivity index (χ1v) is 6.33. The van der Waals surface area contributed by atoms with Crippen molar-refractivity contribution in [3.63, 3.8) is 0 Å². The van der Waals surface area contributed by atoms with Crippen molar-refractivity contribution in [1.29, 1.82) is 0 Å². The molecule has 0 radical (unpaired) electrons. The number of ether oxygens (including phenoxy) is 1. The van der Waals surface area contributed by atoms with Gasteiger partial charge in [0.05, 0.1) is 19.6 Å². The van der Waals surface area contributed by atoms with E-state index in [2.05, 4.69) is 17.4 Å². The Labute approximate surface area is 108 Å². The molecule has 1 aromatic rings. The first kappa shape index (κ1) is 13.1. The van der Waals surface area contributed by atoms with Crippen molar-refractivity contribution >= 4 is 11.6 Å². The Kier molecular flexibility index (Phi) is 4.33. The maximum atomic E-state index is 11.6. The average molecular weight is 248 g/mol. The van der Waals surface area contributed by atoms with E-state index >= 15 is 0 Å². The summed E-state index contributed by atoms with van der Waals surface area (Å²) >= 11 is 0. The standard InChI is InChI=1S/C14H20N2O2/c1-15-6-8-18-7-5-11-3-4-13-12(9-11)10-14(17)16(13)2/h3-4,9,15H,5-8,10H2,1-2H3. The van der Waals surface area contributed by atoms with Crippen LogP contribution < -0.4 is 10.2 Å².